The maximum Gasteiger partial charge on any atom is 0.344 e. The van der Waals surface area contributed by atoms with Gasteiger partial charge in [0.2, 0.25) is 0 Å². The quantitative estimate of drug-likeness (QED) is 0.533. The zero-order chi connectivity index (χ0) is 15.8. The molecule has 1 aliphatic rings. The number of Topliss-reactive ketones (excluding diaryl/α,β-unsaturated/α-hetero) is 1. The lowest BCUT2D eigenvalue weighted by atomic mass is 9.96. The Morgan fingerprint density at radius 2 is 1.78 bits per heavy atom. The van der Waals surface area contributed by atoms with Gasteiger partial charge in [-0.3, -0.25) is 4.79 Å². The number of carbonyl (C=O) groups is 1. The first-order chi connectivity index (χ1) is 11.2. The highest BCUT2D eigenvalue weighted by molar-refractivity contribution is 6.04. The standard InChI is InChI=1S/C19H16O4/c20-16-7-3-4-8-17(16)22-12-9-10-14-13-5-1-2-6-15(13)19(21)23-18(14)11-12/h1-2,5-6,9-11,17H,3-4,7-8H2. The highest BCUT2D eigenvalue weighted by atomic mass is 16.5. The van der Waals surface area contributed by atoms with Gasteiger partial charge in [0.25, 0.3) is 0 Å². The van der Waals surface area contributed by atoms with Crippen LogP contribution < -0.4 is 10.4 Å². The molecule has 4 heteroatoms. The molecule has 0 radical (unpaired) electrons. The molecule has 23 heavy (non-hydrogen) atoms. The smallest absolute Gasteiger partial charge is 0.344 e. The highest BCUT2D eigenvalue weighted by Gasteiger charge is 2.24. The maximum atomic E-state index is 12.1. The minimum absolute atomic E-state index is 0.149. The van der Waals surface area contributed by atoms with Gasteiger partial charge in [-0.15, -0.1) is 0 Å². The van der Waals surface area contributed by atoms with Crippen molar-refractivity contribution in [3.63, 3.8) is 0 Å². The first-order valence-electron chi connectivity index (χ1n) is 7.87. The second kappa shape index (κ2) is 5.54. The summed E-state index contributed by atoms with van der Waals surface area (Å²) in [6, 6.07) is 12.8. The molecule has 0 amide bonds. The molecule has 1 atom stereocenters. The van der Waals surface area contributed by atoms with E-state index in [-0.39, 0.29) is 17.5 Å². The van der Waals surface area contributed by atoms with Crippen LogP contribution in [0.25, 0.3) is 21.7 Å². The summed E-state index contributed by atoms with van der Waals surface area (Å²) in [5.74, 6) is 0.715. The third kappa shape index (κ3) is 2.50. The number of benzene rings is 2. The Bertz CT molecular complexity index is 954. The van der Waals surface area contributed by atoms with Crippen molar-refractivity contribution in [2.45, 2.75) is 31.8 Å². The van der Waals surface area contributed by atoms with Crippen molar-refractivity contribution in [1.82, 2.24) is 0 Å². The van der Waals surface area contributed by atoms with E-state index < -0.39 is 0 Å². The van der Waals surface area contributed by atoms with E-state index >= 15 is 0 Å². The Balaban J connectivity index is 1.77. The zero-order valence-corrected chi connectivity index (χ0v) is 12.6. The topological polar surface area (TPSA) is 56.5 Å². The van der Waals surface area contributed by atoms with E-state index in [1.54, 1.807) is 12.1 Å². The van der Waals surface area contributed by atoms with Gasteiger partial charge >= 0.3 is 5.63 Å². The second-order valence-corrected chi connectivity index (χ2v) is 5.91. The zero-order valence-electron chi connectivity index (χ0n) is 12.6. The van der Waals surface area contributed by atoms with Gasteiger partial charge in [-0.25, -0.2) is 4.79 Å². The molecular formula is C19H16O4. The summed E-state index contributed by atoms with van der Waals surface area (Å²) in [5, 5.41) is 2.29. The van der Waals surface area contributed by atoms with Crippen molar-refractivity contribution in [2.24, 2.45) is 0 Å². The van der Waals surface area contributed by atoms with Gasteiger partial charge in [-0.2, -0.15) is 0 Å². The van der Waals surface area contributed by atoms with Crippen molar-refractivity contribution in [2.75, 3.05) is 0 Å². The average Bonchev–Trinajstić information content (AvgIpc) is 2.57. The Morgan fingerprint density at radius 3 is 2.61 bits per heavy atom. The average molecular weight is 308 g/mol. The van der Waals surface area contributed by atoms with Crippen molar-refractivity contribution in [3.8, 4) is 5.75 Å². The van der Waals surface area contributed by atoms with Crippen molar-refractivity contribution in [3.05, 3.63) is 52.9 Å². The van der Waals surface area contributed by atoms with Crippen molar-refractivity contribution < 1.29 is 13.9 Å². The Morgan fingerprint density at radius 1 is 0.957 bits per heavy atom. The van der Waals surface area contributed by atoms with Gasteiger partial charge in [-0.1, -0.05) is 18.2 Å². The molecule has 1 heterocycles. The van der Waals surface area contributed by atoms with E-state index in [2.05, 4.69) is 0 Å². The number of ketones is 1. The maximum absolute atomic E-state index is 12.1. The molecule has 1 aliphatic carbocycles. The summed E-state index contributed by atoms with van der Waals surface area (Å²) in [7, 11) is 0. The Kier molecular flexibility index (Phi) is 3.37. The van der Waals surface area contributed by atoms with Crippen LogP contribution in [0.3, 0.4) is 0 Å². The highest BCUT2D eigenvalue weighted by Crippen LogP contribution is 2.28. The van der Waals surface area contributed by atoms with Gasteiger partial charge in [0.1, 0.15) is 11.3 Å². The SMILES string of the molecule is O=C1CCCCC1Oc1ccc2c(c1)oc(=O)c1ccccc12. The molecule has 4 rings (SSSR count). The number of ether oxygens (including phenoxy) is 1. The van der Waals surface area contributed by atoms with E-state index in [0.29, 0.717) is 23.1 Å². The fourth-order valence-electron chi connectivity index (χ4n) is 3.17. The van der Waals surface area contributed by atoms with E-state index in [9.17, 15) is 9.59 Å². The molecule has 0 spiro atoms. The summed E-state index contributed by atoms with van der Waals surface area (Å²) in [4.78, 5) is 24.0. The molecule has 4 nitrogen and oxygen atoms in total. The number of fused-ring (bicyclic) bond motifs is 3. The molecule has 0 saturated heterocycles. The predicted octanol–water partition coefficient (Wildman–Crippen LogP) is 3.84. The van der Waals surface area contributed by atoms with Crippen LogP contribution in [0.15, 0.2) is 51.7 Å². The minimum atomic E-state index is -0.381. The summed E-state index contributed by atoms with van der Waals surface area (Å²) >= 11 is 0. The molecule has 1 saturated carbocycles. The van der Waals surface area contributed by atoms with Crippen molar-refractivity contribution in [1.29, 1.82) is 0 Å². The van der Waals surface area contributed by atoms with Crippen LogP contribution in [0.5, 0.6) is 5.75 Å². The minimum Gasteiger partial charge on any atom is -0.483 e. The fraction of sp³-hybridized carbons (Fsp3) is 0.263. The van der Waals surface area contributed by atoms with Gasteiger partial charge in [0.15, 0.2) is 11.9 Å². The Hall–Kier alpha value is -2.62. The lowest BCUT2D eigenvalue weighted by Crippen LogP contribution is -2.30. The van der Waals surface area contributed by atoms with Crippen LogP contribution >= 0.6 is 0 Å². The third-order valence-electron chi connectivity index (χ3n) is 4.37. The molecule has 2 aromatic carbocycles. The lowest BCUT2D eigenvalue weighted by Gasteiger charge is -2.21. The monoisotopic (exact) mass is 308 g/mol. The van der Waals surface area contributed by atoms with Gasteiger partial charge in [0, 0.05) is 17.9 Å². The second-order valence-electron chi connectivity index (χ2n) is 5.91. The van der Waals surface area contributed by atoms with Crippen LogP contribution in [0, 0.1) is 0 Å². The van der Waals surface area contributed by atoms with Crippen LogP contribution in [-0.4, -0.2) is 11.9 Å². The number of rotatable bonds is 2. The first-order valence-corrected chi connectivity index (χ1v) is 7.87. The molecule has 1 aromatic heterocycles. The largest absolute Gasteiger partial charge is 0.483 e. The molecular weight excluding hydrogens is 292 g/mol. The first kappa shape index (κ1) is 14.0. The molecule has 0 N–H and O–H groups in total. The summed E-state index contributed by atoms with van der Waals surface area (Å²) in [6.45, 7) is 0. The van der Waals surface area contributed by atoms with Gasteiger partial charge in [0.05, 0.1) is 5.39 Å². The molecule has 0 aliphatic heterocycles. The number of carbonyl (C=O) groups excluding carboxylic acids is 1. The summed E-state index contributed by atoms with van der Waals surface area (Å²) in [5.41, 5.74) is 0.119. The molecule has 116 valence electrons. The van der Waals surface area contributed by atoms with E-state index in [0.717, 1.165) is 30.0 Å². The summed E-state index contributed by atoms with van der Waals surface area (Å²) in [6.07, 6.45) is 2.89. The van der Waals surface area contributed by atoms with Crippen LogP contribution in [0.2, 0.25) is 0 Å². The normalized spacial score (nSPS) is 18.4. The van der Waals surface area contributed by atoms with E-state index in [1.807, 2.05) is 30.3 Å². The lowest BCUT2D eigenvalue weighted by molar-refractivity contribution is -0.127. The summed E-state index contributed by atoms with van der Waals surface area (Å²) < 4.78 is 11.2. The van der Waals surface area contributed by atoms with Gasteiger partial charge in [-0.05, 0) is 42.8 Å². The van der Waals surface area contributed by atoms with E-state index in [1.165, 1.54) is 0 Å². The third-order valence-corrected chi connectivity index (χ3v) is 4.37. The van der Waals surface area contributed by atoms with Crippen LogP contribution in [0.4, 0.5) is 0 Å². The molecule has 1 unspecified atom stereocenters. The van der Waals surface area contributed by atoms with E-state index in [4.69, 9.17) is 9.15 Å². The molecule has 1 fully saturated rings. The fourth-order valence-corrected chi connectivity index (χ4v) is 3.17. The molecule has 0 bridgehead atoms. The number of hydrogen-bond donors (Lipinski definition) is 0. The number of hydrogen-bond acceptors (Lipinski definition) is 4. The Labute approximate surface area is 132 Å². The predicted molar refractivity (Wildman–Crippen MR) is 87.9 cm³/mol. The van der Waals surface area contributed by atoms with Gasteiger partial charge < -0.3 is 9.15 Å². The van der Waals surface area contributed by atoms with Crippen LogP contribution in [-0.2, 0) is 4.79 Å². The molecule has 3 aromatic rings. The van der Waals surface area contributed by atoms with Crippen molar-refractivity contribution >= 4 is 27.5 Å². The van der Waals surface area contributed by atoms with Crippen LogP contribution in [0.1, 0.15) is 25.7 Å².